The minimum Gasteiger partial charge on any atom is -0.377 e. The zero-order valence-electron chi connectivity index (χ0n) is 29.7. The molecule has 0 radical (unpaired) electrons. The average Bonchev–Trinajstić information content (AvgIpc) is 3.65. The first kappa shape index (κ1) is 40.1. The first-order chi connectivity index (χ1) is 24.3. The Morgan fingerprint density at radius 1 is 1.00 bits per heavy atom. The lowest BCUT2D eigenvalue weighted by atomic mass is 10.1. The van der Waals surface area contributed by atoms with Gasteiger partial charge in [0.1, 0.15) is 29.1 Å². The van der Waals surface area contributed by atoms with Crippen molar-refractivity contribution in [2.24, 2.45) is 0 Å². The van der Waals surface area contributed by atoms with E-state index in [1.807, 2.05) is 37.3 Å². The van der Waals surface area contributed by atoms with Gasteiger partial charge in [-0.25, -0.2) is 14.3 Å². The quantitative estimate of drug-likeness (QED) is 0.0411. The number of aromatic nitrogens is 5. The SMILES string of the molecule is Cc1nn(COCC[Si](C)(C)C)c(C)c1-c1ccc(NC(=O)[C@H](CCCC(Cl)Cl)NC(=O)c2nonc2CCCOCc2ccccc2)nc1F. The molecule has 0 fully saturated rings. The van der Waals surface area contributed by atoms with Gasteiger partial charge in [0.15, 0.2) is 5.69 Å². The summed E-state index contributed by atoms with van der Waals surface area (Å²) < 4.78 is 33.6. The molecule has 4 aromatic rings. The smallest absolute Gasteiger partial charge is 0.276 e. The maximum atomic E-state index is 15.5. The molecule has 3 heterocycles. The largest absolute Gasteiger partial charge is 0.377 e. The first-order valence-corrected chi connectivity index (χ1v) is 21.5. The second-order valence-corrected chi connectivity index (χ2v) is 20.4. The molecule has 1 aromatic carbocycles. The van der Waals surface area contributed by atoms with Gasteiger partial charge in [-0.05, 0) is 74.8 Å². The summed E-state index contributed by atoms with van der Waals surface area (Å²) in [6.45, 7) is 12.3. The van der Waals surface area contributed by atoms with Crippen molar-refractivity contribution in [2.75, 3.05) is 18.5 Å². The van der Waals surface area contributed by atoms with E-state index in [1.165, 1.54) is 6.07 Å². The molecule has 1 atom stereocenters. The average molecular weight is 763 g/mol. The Morgan fingerprint density at radius 2 is 1.76 bits per heavy atom. The van der Waals surface area contributed by atoms with Gasteiger partial charge < -0.3 is 20.1 Å². The number of halogens is 3. The molecule has 0 aliphatic carbocycles. The maximum absolute atomic E-state index is 15.5. The highest BCUT2D eigenvalue weighted by molar-refractivity contribution is 6.76. The van der Waals surface area contributed by atoms with Crippen LogP contribution in [0.4, 0.5) is 10.2 Å². The third-order valence-corrected chi connectivity index (χ3v) is 10.2. The van der Waals surface area contributed by atoms with Gasteiger partial charge in [0.2, 0.25) is 11.9 Å². The normalized spacial score (nSPS) is 12.3. The van der Waals surface area contributed by atoms with Gasteiger partial charge in [0.25, 0.3) is 5.91 Å². The van der Waals surface area contributed by atoms with Crippen molar-refractivity contribution >= 4 is 48.9 Å². The van der Waals surface area contributed by atoms with E-state index < -0.39 is 36.7 Å². The number of hydrogen-bond donors (Lipinski definition) is 2. The van der Waals surface area contributed by atoms with Crippen molar-refractivity contribution in [3.63, 3.8) is 0 Å². The third-order valence-electron chi connectivity index (χ3n) is 8.08. The fourth-order valence-electron chi connectivity index (χ4n) is 5.27. The molecule has 2 N–H and O–H groups in total. The van der Waals surface area contributed by atoms with Crippen LogP contribution in [0.5, 0.6) is 0 Å². The molecule has 0 aliphatic rings. The van der Waals surface area contributed by atoms with E-state index in [4.69, 9.17) is 37.3 Å². The van der Waals surface area contributed by atoms with Gasteiger partial charge in [-0.15, -0.1) is 23.2 Å². The number of hydrogen-bond acceptors (Lipinski definition) is 9. The number of ether oxygens (including phenoxy) is 2. The summed E-state index contributed by atoms with van der Waals surface area (Å²) in [5.74, 6) is -2.06. The van der Waals surface area contributed by atoms with Crippen LogP contribution in [-0.4, -0.2) is 69.1 Å². The van der Waals surface area contributed by atoms with Gasteiger partial charge in [-0.3, -0.25) is 9.59 Å². The molecule has 0 saturated carbocycles. The van der Waals surface area contributed by atoms with Gasteiger partial charge >= 0.3 is 0 Å². The molecule has 0 unspecified atom stereocenters. The predicted molar refractivity (Wildman–Crippen MR) is 197 cm³/mol. The summed E-state index contributed by atoms with van der Waals surface area (Å²) in [4.78, 5) is 30.1. The summed E-state index contributed by atoms with van der Waals surface area (Å²) in [6, 6.07) is 12.8. The predicted octanol–water partition coefficient (Wildman–Crippen LogP) is 7.26. The Balaban J connectivity index is 1.38. The molecule has 0 saturated heterocycles. The number of amides is 2. The van der Waals surface area contributed by atoms with Crippen LogP contribution in [0.25, 0.3) is 11.1 Å². The van der Waals surface area contributed by atoms with Crippen molar-refractivity contribution < 1.29 is 28.1 Å². The van der Waals surface area contributed by atoms with Crippen LogP contribution in [0, 0.1) is 19.8 Å². The molecule has 12 nitrogen and oxygen atoms in total. The van der Waals surface area contributed by atoms with Crippen LogP contribution in [0.2, 0.25) is 25.7 Å². The van der Waals surface area contributed by atoms with Crippen LogP contribution < -0.4 is 10.6 Å². The Labute approximate surface area is 308 Å². The number of alkyl halides is 2. The zero-order valence-corrected chi connectivity index (χ0v) is 32.2. The van der Waals surface area contributed by atoms with Crippen molar-refractivity contribution in [1.29, 1.82) is 0 Å². The Kier molecular flexibility index (Phi) is 15.1. The topological polar surface area (TPSA) is 146 Å². The zero-order chi connectivity index (χ0) is 37.0. The number of aryl methyl sites for hydroxylation is 2. The van der Waals surface area contributed by atoms with E-state index in [9.17, 15) is 9.59 Å². The lowest BCUT2D eigenvalue weighted by Gasteiger charge is -2.18. The minimum absolute atomic E-state index is 0.0234. The Bertz CT molecular complexity index is 1730. The molecule has 276 valence electrons. The number of pyridine rings is 1. The molecule has 4 rings (SSSR count). The molecule has 2 amide bonds. The van der Waals surface area contributed by atoms with E-state index in [0.29, 0.717) is 62.5 Å². The van der Waals surface area contributed by atoms with Crippen molar-refractivity contribution in [1.82, 2.24) is 30.4 Å². The summed E-state index contributed by atoms with van der Waals surface area (Å²) >= 11 is 11.8. The molecule has 0 aliphatic heterocycles. The molecule has 0 bridgehead atoms. The molecule has 3 aromatic heterocycles. The number of nitrogens with zero attached hydrogens (tertiary/aromatic N) is 5. The fraction of sp³-hybridized carbons (Fsp3) is 0.486. The number of anilines is 1. The number of benzene rings is 1. The summed E-state index contributed by atoms with van der Waals surface area (Å²) in [5.41, 5.74) is 3.56. The van der Waals surface area contributed by atoms with Crippen LogP contribution in [0.1, 0.15) is 58.8 Å². The Hall–Kier alpha value is -3.69. The lowest BCUT2D eigenvalue weighted by molar-refractivity contribution is -0.118. The number of nitrogens with one attached hydrogen (secondary N) is 2. The highest BCUT2D eigenvalue weighted by Crippen LogP contribution is 2.30. The van der Waals surface area contributed by atoms with Crippen LogP contribution >= 0.6 is 23.2 Å². The molecular weight excluding hydrogens is 716 g/mol. The fourth-order valence-corrected chi connectivity index (χ4v) is 6.33. The second-order valence-electron chi connectivity index (χ2n) is 13.5. The third kappa shape index (κ3) is 12.5. The van der Waals surface area contributed by atoms with E-state index in [-0.39, 0.29) is 30.2 Å². The maximum Gasteiger partial charge on any atom is 0.276 e. The molecule has 0 spiro atoms. The second kappa shape index (κ2) is 19.2. The van der Waals surface area contributed by atoms with E-state index in [0.717, 1.165) is 17.3 Å². The number of carbonyl (C=O) groups is 2. The van der Waals surface area contributed by atoms with Gasteiger partial charge in [-0.1, -0.05) is 55.1 Å². The standard InChI is InChI=1S/C35H46Cl2FN7O5Si/c1-23-31(24(2)45(42-23)22-49-19-20-51(3,4)5)26-16-17-30(40-33(26)38)41-34(46)28(13-9-15-29(36)37)39-35(47)32-27(43-50-44-32)14-10-18-48-21-25-11-7-6-8-12-25/h6-8,11-12,16-17,28-29H,9-10,13-15,18-22H2,1-5H3,(H,39,47)(H,40,41,46)/t28-/m0/s1. The summed E-state index contributed by atoms with van der Waals surface area (Å²) in [7, 11) is -1.24. The monoisotopic (exact) mass is 761 g/mol. The molecular formula is C35H46Cl2FN7O5Si. The summed E-state index contributed by atoms with van der Waals surface area (Å²) in [6.07, 6.45) is 1.94. The van der Waals surface area contributed by atoms with Gasteiger partial charge in [0.05, 0.1) is 12.3 Å². The first-order valence-electron chi connectivity index (χ1n) is 16.9. The van der Waals surface area contributed by atoms with Crippen molar-refractivity contribution in [3.8, 4) is 11.1 Å². The Morgan fingerprint density at radius 3 is 2.47 bits per heavy atom. The number of rotatable bonds is 20. The van der Waals surface area contributed by atoms with Crippen molar-refractivity contribution in [3.05, 3.63) is 76.8 Å². The van der Waals surface area contributed by atoms with E-state index in [1.54, 1.807) is 17.7 Å². The minimum atomic E-state index is -1.24. The lowest BCUT2D eigenvalue weighted by Crippen LogP contribution is -2.44. The summed E-state index contributed by atoms with van der Waals surface area (Å²) in [5, 5.41) is 17.5. The molecule has 51 heavy (non-hydrogen) atoms. The van der Waals surface area contributed by atoms with Crippen LogP contribution in [0.15, 0.2) is 47.1 Å². The number of carbonyl (C=O) groups excluding carboxylic acids is 2. The van der Waals surface area contributed by atoms with E-state index >= 15 is 4.39 Å². The molecule has 16 heteroatoms. The van der Waals surface area contributed by atoms with Crippen LogP contribution in [0.3, 0.4) is 0 Å². The van der Waals surface area contributed by atoms with Gasteiger partial charge in [0, 0.05) is 38.1 Å². The highest BCUT2D eigenvalue weighted by atomic mass is 35.5. The van der Waals surface area contributed by atoms with E-state index in [2.05, 4.69) is 50.7 Å². The van der Waals surface area contributed by atoms with Crippen molar-refractivity contribution in [2.45, 2.75) is 95.9 Å². The van der Waals surface area contributed by atoms with Crippen LogP contribution in [-0.2, 0) is 34.0 Å². The highest BCUT2D eigenvalue weighted by Gasteiger charge is 2.27. The van der Waals surface area contributed by atoms with Gasteiger partial charge in [-0.2, -0.15) is 9.49 Å².